The average molecular weight is 263 g/mol. The number of ketones is 1. The summed E-state index contributed by atoms with van der Waals surface area (Å²) in [6, 6.07) is 18.8. The summed E-state index contributed by atoms with van der Waals surface area (Å²) in [5, 5.41) is 8.11. The highest BCUT2D eigenvalue weighted by Gasteiger charge is 2.18. The topological polar surface area (TPSA) is 47.8 Å². The van der Waals surface area contributed by atoms with Crippen LogP contribution in [0.4, 0.5) is 0 Å². The van der Waals surface area contributed by atoms with Crippen molar-refractivity contribution in [2.24, 2.45) is 0 Å². The fourth-order valence-electron chi connectivity index (χ4n) is 2.08. The molecule has 0 saturated heterocycles. The van der Waals surface area contributed by atoms with Gasteiger partial charge < -0.3 is 0 Å². The maximum atomic E-state index is 12.4. The van der Waals surface area contributed by atoms with Gasteiger partial charge in [0.25, 0.3) is 0 Å². The van der Waals surface area contributed by atoms with Crippen molar-refractivity contribution in [3.8, 4) is 5.69 Å². The van der Waals surface area contributed by atoms with E-state index in [0.29, 0.717) is 11.3 Å². The molecule has 0 aliphatic heterocycles. The number of para-hydroxylation sites is 1. The third-order valence-corrected chi connectivity index (χ3v) is 3.15. The van der Waals surface area contributed by atoms with E-state index in [2.05, 4.69) is 10.3 Å². The summed E-state index contributed by atoms with van der Waals surface area (Å²) < 4.78 is 1.68. The Bertz CT molecular complexity index is 733. The van der Waals surface area contributed by atoms with E-state index in [1.165, 1.54) is 0 Å². The van der Waals surface area contributed by atoms with Crippen molar-refractivity contribution >= 4 is 5.78 Å². The van der Waals surface area contributed by atoms with Crippen molar-refractivity contribution in [1.82, 2.24) is 15.0 Å². The van der Waals surface area contributed by atoms with Crippen LogP contribution in [0.15, 0.2) is 60.7 Å². The van der Waals surface area contributed by atoms with Crippen molar-refractivity contribution in [1.29, 1.82) is 0 Å². The van der Waals surface area contributed by atoms with E-state index in [1.807, 2.05) is 55.5 Å². The predicted molar refractivity (Wildman–Crippen MR) is 76.0 cm³/mol. The fraction of sp³-hybridized carbons (Fsp3) is 0.0625. The Balaban J connectivity index is 2.01. The first-order valence-corrected chi connectivity index (χ1v) is 6.35. The molecular weight excluding hydrogens is 250 g/mol. The minimum absolute atomic E-state index is 0.106. The van der Waals surface area contributed by atoms with Crippen LogP contribution in [0, 0.1) is 6.92 Å². The van der Waals surface area contributed by atoms with Gasteiger partial charge in [0.05, 0.1) is 11.4 Å². The molecule has 20 heavy (non-hydrogen) atoms. The molecule has 1 aromatic heterocycles. The largest absolute Gasteiger partial charge is 0.287 e. The first kappa shape index (κ1) is 12.3. The number of carbonyl (C=O) groups excluding carboxylic acids is 1. The number of hydrogen-bond acceptors (Lipinski definition) is 3. The van der Waals surface area contributed by atoms with Crippen LogP contribution in [0.3, 0.4) is 0 Å². The van der Waals surface area contributed by atoms with Gasteiger partial charge in [0.1, 0.15) is 0 Å². The lowest BCUT2D eigenvalue weighted by molar-refractivity contribution is 0.103. The molecule has 0 unspecified atom stereocenters. The molecule has 0 saturated carbocycles. The van der Waals surface area contributed by atoms with Gasteiger partial charge in [-0.1, -0.05) is 53.7 Å². The highest BCUT2D eigenvalue weighted by Crippen LogP contribution is 2.15. The van der Waals surface area contributed by atoms with E-state index in [4.69, 9.17) is 0 Å². The average Bonchev–Trinajstić information content (AvgIpc) is 2.90. The molecular formula is C16H13N3O. The van der Waals surface area contributed by atoms with Crippen molar-refractivity contribution in [2.45, 2.75) is 6.92 Å². The first-order valence-electron chi connectivity index (χ1n) is 6.35. The van der Waals surface area contributed by atoms with E-state index >= 15 is 0 Å². The van der Waals surface area contributed by atoms with E-state index < -0.39 is 0 Å². The van der Waals surface area contributed by atoms with E-state index in [1.54, 1.807) is 16.8 Å². The molecule has 0 atom stereocenters. The molecule has 0 fully saturated rings. The monoisotopic (exact) mass is 263 g/mol. The molecule has 3 aromatic rings. The summed E-state index contributed by atoms with van der Waals surface area (Å²) in [6.45, 7) is 1.85. The van der Waals surface area contributed by atoms with Gasteiger partial charge in [-0.25, -0.2) is 4.68 Å². The van der Waals surface area contributed by atoms with Crippen LogP contribution in [0.5, 0.6) is 0 Å². The number of hydrogen-bond donors (Lipinski definition) is 0. The smallest absolute Gasteiger partial charge is 0.215 e. The maximum Gasteiger partial charge on any atom is 0.215 e. The third kappa shape index (κ3) is 2.12. The van der Waals surface area contributed by atoms with Crippen LogP contribution in [-0.4, -0.2) is 20.8 Å². The Kier molecular flexibility index (Phi) is 3.13. The van der Waals surface area contributed by atoms with Crippen LogP contribution in [0.2, 0.25) is 0 Å². The molecule has 0 spiro atoms. The normalized spacial score (nSPS) is 10.4. The van der Waals surface area contributed by atoms with Crippen LogP contribution in [0.25, 0.3) is 5.69 Å². The fourth-order valence-corrected chi connectivity index (χ4v) is 2.08. The molecule has 2 aromatic carbocycles. The molecule has 4 nitrogen and oxygen atoms in total. The molecule has 0 amide bonds. The highest BCUT2D eigenvalue weighted by atomic mass is 16.1. The second-order valence-electron chi connectivity index (χ2n) is 4.47. The lowest BCUT2D eigenvalue weighted by Gasteiger charge is -2.03. The Morgan fingerprint density at radius 2 is 1.55 bits per heavy atom. The second-order valence-corrected chi connectivity index (χ2v) is 4.47. The van der Waals surface area contributed by atoms with Gasteiger partial charge >= 0.3 is 0 Å². The predicted octanol–water partition coefficient (Wildman–Crippen LogP) is 2.81. The van der Waals surface area contributed by atoms with Crippen molar-refractivity contribution in [3.05, 3.63) is 77.6 Å². The van der Waals surface area contributed by atoms with E-state index in [-0.39, 0.29) is 5.78 Å². The Hall–Kier alpha value is -2.75. The van der Waals surface area contributed by atoms with Gasteiger partial charge in [0.15, 0.2) is 5.69 Å². The van der Waals surface area contributed by atoms with Crippen LogP contribution < -0.4 is 0 Å². The molecule has 0 aliphatic rings. The minimum atomic E-state index is -0.106. The summed E-state index contributed by atoms with van der Waals surface area (Å²) in [6.07, 6.45) is 0. The summed E-state index contributed by atoms with van der Waals surface area (Å²) in [4.78, 5) is 12.4. The quantitative estimate of drug-likeness (QED) is 0.683. The SMILES string of the molecule is Cc1c(C(=O)c2ccccc2)nnn1-c1ccccc1. The first-order chi connectivity index (χ1) is 9.77. The van der Waals surface area contributed by atoms with Crippen LogP contribution >= 0.6 is 0 Å². The molecule has 98 valence electrons. The molecule has 0 bridgehead atoms. The molecule has 4 heteroatoms. The molecule has 3 rings (SSSR count). The van der Waals surface area contributed by atoms with Gasteiger partial charge in [-0.3, -0.25) is 4.79 Å². The van der Waals surface area contributed by atoms with Crippen molar-refractivity contribution in [2.75, 3.05) is 0 Å². The summed E-state index contributed by atoms with van der Waals surface area (Å²) in [5.74, 6) is -0.106. The maximum absolute atomic E-state index is 12.4. The molecule has 1 heterocycles. The number of carbonyl (C=O) groups is 1. The van der Waals surface area contributed by atoms with Gasteiger partial charge in [0.2, 0.25) is 5.78 Å². The Morgan fingerprint density at radius 3 is 2.20 bits per heavy atom. The Labute approximate surface area is 116 Å². The molecule has 0 N–H and O–H groups in total. The third-order valence-electron chi connectivity index (χ3n) is 3.15. The zero-order chi connectivity index (χ0) is 13.9. The van der Waals surface area contributed by atoms with Gasteiger partial charge in [0, 0.05) is 5.56 Å². The lowest BCUT2D eigenvalue weighted by Crippen LogP contribution is -2.05. The lowest BCUT2D eigenvalue weighted by atomic mass is 10.1. The summed E-state index contributed by atoms with van der Waals surface area (Å²) in [5.41, 5.74) is 2.64. The number of nitrogens with zero attached hydrogens (tertiary/aromatic N) is 3. The van der Waals surface area contributed by atoms with E-state index in [9.17, 15) is 4.79 Å². The van der Waals surface area contributed by atoms with Crippen molar-refractivity contribution < 1.29 is 4.79 Å². The van der Waals surface area contributed by atoms with Gasteiger partial charge in [-0.15, -0.1) is 5.10 Å². The van der Waals surface area contributed by atoms with E-state index in [0.717, 1.165) is 11.4 Å². The van der Waals surface area contributed by atoms with Crippen LogP contribution in [-0.2, 0) is 0 Å². The number of aromatic nitrogens is 3. The summed E-state index contributed by atoms with van der Waals surface area (Å²) in [7, 11) is 0. The van der Waals surface area contributed by atoms with Crippen LogP contribution in [0.1, 0.15) is 21.7 Å². The number of rotatable bonds is 3. The zero-order valence-electron chi connectivity index (χ0n) is 11.0. The number of benzene rings is 2. The zero-order valence-corrected chi connectivity index (χ0v) is 11.0. The van der Waals surface area contributed by atoms with Crippen molar-refractivity contribution in [3.63, 3.8) is 0 Å². The minimum Gasteiger partial charge on any atom is -0.287 e. The standard InChI is InChI=1S/C16H13N3O/c1-12-15(16(20)13-8-4-2-5-9-13)17-18-19(12)14-10-6-3-7-11-14/h2-11H,1H3. The van der Waals surface area contributed by atoms with Gasteiger partial charge in [-0.05, 0) is 19.1 Å². The highest BCUT2D eigenvalue weighted by molar-refractivity contribution is 6.08. The molecule has 0 aliphatic carbocycles. The second kappa shape index (κ2) is 5.09. The van der Waals surface area contributed by atoms with Gasteiger partial charge in [-0.2, -0.15) is 0 Å². The molecule has 0 radical (unpaired) electrons. The summed E-state index contributed by atoms with van der Waals surface area (Å²) >= 11 is 0. The Morgan fingerprint density at radius 1 is 0.950 bits per heavy atom.